The molecular weight excluding hydrogens is 234 g/mol. The molecule has 2 aromatic carbocycles. The van der Waals surface area contributed by atoms with Crippen LogP contribution in [0.4, 0.5) is 11.4 Å². The van der Waals surface area contributed by atoms with Gasteiger partial charge in [-0.1, -0.05) is 35.9 Å². The highest BCUT2D eigenvalue weighted by Gasteiger charge is 2.06. The lowest BCUT2D eigenvalue weighted by Gasteiger charge is -1.94. The minimum atomic E-state index is 0.871. The smallest absolute Gasteiger partial charge is 0.114 e. The van der Waals surface area contributed by atoms with E-state index in [4.69, 9.17) is 0 Å². The van der Waals surface area contributed by atoms with Crippen molar-refractivity contribution in [1.29, 1.82) is 0 Å². The second-order valence-corrected chi connectivity index (χ2v) is 4.68. The van der Waals surface area contributed by atoms with Gasteiger partial charge in [0.2, 0.25) is 0 Å². The first-order valence-corrected chi connectivity index (χ1v) is 6.30. The zero-order chi connectivity index (χ0) is 13.2. The number of aromatic amines is 1. The number of nitrogens with zero attached hydrogens (tertiary/aromatic N) is 2. The molecular formula is C16H15N3. The van der Waals surface area contributed by atoms with Gasteiger partial charge in [-0.25, -0.2) is 0 Å². The molecule has 0 fully saturated rings. The molecule has 19 heavy (non-hydrogen) atoms. The molecule has 1 aromatic heterocycles. The van der Waals surface area contributed by atoms with Crippen LogP contribution in [0.25, 0.3) is 10.9 Å². The number of fused-ring (bicyclic) bond motifs is 1. The van der Waals surface area contributed by atoms with Gasteiger partial charge < -0.3 is 4.98 Å². The maximum absolute atomic E-state index is 4.39. The van der Waals surface area contributed by atoms with Crippen molar-refractivity contribution >= 4 is 22.3 Å². The van der Waals surface area contributed by atoms with Crippen LogP contribution in [0.5, 0.6) is 0 Å². The molecule has 1 N–H and O–H groups in total. The van der Waals surface area contributed by atoms with Crippen molar-refractivity contribution < 1.29 is 0 Å². The summed E-state index contributed by atoms with van der Waals surface area (Å²) < 4.78 is 0. The Hall–Kier alpha value is -2.42. The maximum atomic E-state index is 4.39. The van der Waals surface area contributed by atoms with Gasteiger partial charge in [-0.05, 0) is 32.0 Å². The summed E-state index contributed by atoms with van der Waals surface area (Å²) in [6, 6.07) is 16.2. The van der Waals surface area contributed by atoms with E-state index in [1.165, 1.54) is 5.56 Å². The minimum absolute atomic E-state index is 0.871. The van der Waals surface area contributed by atoms with Gasteiger partial charge in [0.05, 0.1) is 5.69 Å². The van der Waals surface area contributed by atoms with Crippen molar-refractivity contribution in [2.45, 2.75) is 13.8 Å². The van der Waals surface area contributed by atoms with E-state index >= 15 is 0 Å². The summed E-state index contributed by atoms with van der Waals surface area (Å²) in [5.74, 6) is 0. The summed E-state index contributed by atoms with van der Waals surface area (Å²) >= 11 is 0. The quantitative estimate of drug-likeness (QED) is 0.606. The summed E-state index contributed by atoms with van der Waals surface area (Å²) in [7, 11) is 0. The second kappa shape index (κ2) is 4.69. The number of aromatic nitrogens is 1. The molecule has 0 spiro atoms. The van der Waals surface area contributed by atoms with E-state index in [1.54, 1.807) is 0 Å². The first-order chi connectivity index (χ1) is 9.24. The third-order valence-corrected chi connectivity index (χ3v) is 3.16. The lowest BCUT2D eigenvalue weighted by atomic mass is 10.2. The SMILES string of the molecule is Cc1ccc(/N=N/c2c(C)[nH]c3ccccc23)cc1. The number of hydrogen-bond acceptors (Lipinski definition) is 2. The lowest BCUT2D eigenvalue weighted by molar-refractivity contribution is 1.19. The number of aryl methyl sites for hydroxylation is 2. The molecule has 0 saturated heterocycles. The minimum Gasteiger partial charge on any atom is -0.357 e. The molecule has 3 nitrogen and oxygen atoms in total. The number of nitrogens with one attached hydrogen (secondary N) is 1. The number of H-pyrrole nitrogens is 1. The number of hydrogen-bond donors (Lipinski definition) is 1. The Balaban J connectivity index is 2.01. The van der Waals surface area contributed by atoms with Crippen LogP contribution < -0.4 is 0 Å². The fourth-order valence-corrected chi connectivity index (χ4v) is 2.11. The highest BCUT2D eigenvalue weighted by atomic mass is 15.1. The van der Waals surface area contributed by atoms with Gasteiger partial charge in [0, 0.05) is 16.6 Å². The van der Waals surface area contributed by atoms with Gasteiger partial charge in [-0.15, -0.1) is 5.11 Å². The van der Waals surface area contributed by atoms with E-state index in [-0.39, 0.29) is 0 Å². The van der Waals surface area contributed by atoms with Crippen LogP contribution in [0, 0.1) is 13.8 Å². The van der Waals surface area contributed by atoms with Crippen LogP contribution in [-0.4, -0.2) is 4.98 Å². The number of rotatable bonds is 2. The van der Waals surface area contributed by atoms with Gasteiger partial charge >= 0.3 is 0 Å². The summed E-state index contributed by atoms with van der Waals surface area (Å²) in [4.78, 5) is 3.32. The van der Waals surface area contributed by atoms with Crippen molar-refractivity contribution in [3.8, 4) is 0 Å². The Bertz CT molecular complexity index is 736. The van der Waals surface area contributed by atoms with Crippen LogP contribution >= 0.6 is 0 Å². The van der Waals surface area contributed by atoms with E-state index in [0.29, 0.717) is 0 Å². The first kappa shape index (κ1) is 11.7. The highest BCUT2D eigenvalue weighted by Crippen LogP contribution is 2.31. The van der Waals surface area contributed by atoms with Crippen LogP contribution in [0.1, 0.15) is 11.3 Å². The van der Waals surface area contributed by atoms with E-state index in [1.807, 2.05) is 49.4 Å². The van der Waals surface area contributed by atoms with Gasteiger partial charge in [0.15, 0.2) is 0 Å². The zero-order valence-electron chi connectivity index (χ0n) is 11.0. The predicted molar refractivity (Wildman–Crippen MR) is 78.4 cm³/mol. The standard InChI is InChI=1S/C16H15N3/c1-11-7-9-13(10-8-11)18-19-16-12(2)17-15-6-4-3-5-14(15)16/h3-10,17H,1-2H3/b19-18+. The second-order valence-electron chi connectivity index (χ2n) is 4.68. The average molecular weight is 249 g/mol. The van der Waals surface area contributed by atoms with Gasteiger partial charge in [-0.2, -0.15) is 5.11 Å². The molecule has 0 amide bonds. The number of azo groups is 1. The van der Waals surface area contributed by atoms with Crippen molar-refractivity contribution in [1.82, 2.24) is 4.98 Å². The van der Waals surface area contributed by atoms with Crippen LogP contribution in [0.15, 0.2) is 58.8 Å². The molecule has 0 atom stereocenters. The van der Waals surface area contributed by atoms with Gasteiger partial charge in [-0.3, -0.25) is 0 Å². The van der Waals surface area contributed by atoms with E-state index in [2.05, 4.69) is 28.2 Å². The molecule has 94 valence electrons. The fraction of sp³-hybridized carbons (Fsp3) is 0.125. The summed E-state index contributed by atoms with van der Waals surface area (Å²) in [5, 5.41) is 9.80. The molecule has 3 aromatic rings. The van der Waals surface area contributed by atoms with Crippen LogP contribution in [0.3, 0.4) is 0 Å². The zero-order valence-corrected chi connectivity index (χ0v) is 11.0. The van der Waals surface area contributed by atoms with Crippen molar-refractivity contribution in [2.24, 2.45) is 10.2 Å². The topological polar surface area (TPSA) is 40.5 Å². The largest absolute Gasteiger partial charge is 0.357 e. The summed E-state index contributed by atoms with van der Waals surface area (Å²) in [5.41, 5.74) is 5.14. The molecule has 3 heteroatoms. The predicted octanol–water partition coefficient (Wildman–Crippen LogP) is 5.20. The number of para-hydroxylation sites is 1. The van der Waals surface area contributed by atoms with Crippen molar-refractivity contribution in [2.75, 3.05) is 0 Å². The Morgan fingerprint density at radius 2 is 1.58 bits per heavy atom. The molecule has 0 bridgehead atoms. The normalized spacial score (nSPS) is 11.5. The molecule has 3 rings (SSSR count). The summed E-state index contributed by atoms with van der Waals surface area (Å²) in [6.45, 7) is 4.08. The molecule has 0 unspecified atom stereocenters. The first-order valence-electron chi connectivity index (χ1n) is 6.30. The van der Waals surface area contributed by atoms with E-state index < -0.39 is 0 Å². The van der Waals surface area contributed by atoms with Crippen LogP contribution in [-0.2, 0) is 0 Å². The third kappa shape index (κ3) is 2.27. The third-order valence-electron chi connectivity index (χ3n) is 3.16. The Labute approximate surface area is 112 Å². The molecule has 1 heterocycles. The molecule has 0 saturated carbocycles. The van der Waals surface area contributed by atoms with E-state index in [9.17, 15) is 0 Å². The monoisotopic (exact) mass is 249 g/mol. The lowest BCUT2D eigenvalue weighted by Crippen LogP contribution is -1.69. The van der Waals surface area contributed by atoms with E-state index in [0.717, 1.165) is 28.0 Å². The van der Waals surface area contributed by atoms with Crippen molar-refractivity contribution in [3.63, 3.8) is 0 Å². The Kier molecular flexibility index (Phi) is 2.88. The Morgan fingerprint density at radius 1 is 0.842 bits per heavy atom. The van der Waals surface area contributed by atoms with Gasteiger partial charge in [0.1, 0.15) is 5.69 Å². The molecule has 0 aliphatic heterocycles. The molecule has 0 aliphatic carbocycles. The highest BCUT2D eigenvalue weighted by molar-refractivity contribution is 5.92. The fourth-order valence-electron chi connectivity index (χ4n) is 2.11. The van der Waals surface area contributed by atoms with Gasteiger partial charge in [0.25, 0.3) is 0 Å². The van der Waals surface area contributed by atoms with Crippen molar-refractivity contribution in [3.05, 3.63) is 59.8 Å². The number of benzene rings is 2. The molecule has 0 radical (unpaired) electrons. The summed E-state index contributed by atoms with van der Waals surface area (Å²) in [6.07, 6.45) is 0. The average Bonchev–Trinajstić information content (AvgIpc) is 2.74. The maximum Gasteiger partial charge on any atom is 0.114 e. The molecule has 0 aliphatic rings. The Morgan fingerprint density at radius 3 is 2.37 bits per heavy atom. The van der Waals surface area contributed by atoms with Crippen LogP contribution in [0.2, 0.25) is 0 Å².